The number of hydrogen-bond donors (Lipinski definition) is 1. The number of rotatable bonds is 4. The highest BCUT2D eigenvalue weighted by Gasteiger charge is 2.17. The Morgan fingerprint density at radius 2 is 1.80 bits per heavy atom. The summed E-state index contributed by atoms with van der Waals surface area (Å²) in [6.45, 7) is 1.99. The second-order valence-electron chi connectivity index (χ2n) is 4.52. The van der Waals surface area contributed by atoms with Crippen molar-refractivity contribution >= 4 is 0 Å². The van der Waals surface area contributed by atoms with Crippen LogP contribution in [0.1, 0.15) is 29.8 Å². The number of aliphatic hydroxyl groups is 1. The zero-order valence-corrected chi connectivity index (χ0v) is 10.9. The van der Waals surface area contributed by atoms with E-state index in [1.165, 1.54) is 0 Å². The van der Waals surface area contributed by atoms with Gasteiger partial charge in [0, 0.05) is 29.9 Å². The van der Waals surface area contributed by atoms with Crippen molar-refractivity contribution in [2.24, 2.45) is 0 Å². The van der Waals surface area contributed by atoms with Gasteiger partial charge in [0.05, 0.1) is 6.10 Å². The molecule has 0 radical (unpaired) electrons. The van der Waals surface area contributed by atoms with Crippen LogP contribution < -0.4 is 0 Å². The molecule has 1 N–H and O–H groups in total. The largest absolute Gasteiger partial charge is 0.388 e. The molecule has 0 saturated heterocycles. The molecule has 1 unspecified atom stereocenters. The normalized spacial score (nSPS) is 12.4. The summed E-state index contributed by atoms with van der Waals surface area (Å²) in [5.74, 6) is -3.43. The molecule has 2 rings (SSSR count). The lowest BCUT2D eigenvalue weighted by Crippen LogP contribution is -2.07. The maximum absolute atomic E-state index is 13.5. The number of hydrogen-bond acceptors (Lipinski definition) is 2. The van der Waals surface area contributed by atoms with Crippen molar-refractivity contribution in [3.05, 3.63) is 64.7 Å². The monoisotopic (exact) mass is 281 g/mol. The van der Waals surface area contributed by atoms with Crippen molar-refractivity contribution < 1.29 is 18.3 Å². The molecule has 2 nitrogen and oxygen atoms in total. The van der Waals surface area contributed by atoms with Gasteiger partial charge in [-0.2, -0.15) is 0 Å². The third-order valence-electron chi connectivity index (χ3n) is 3.10. The van der Waals surface area contributed by atoms with Crippen molar-refractivity contribution in [1.82, 2.24) is 4.98 Å². The molecule has 1 atom stereocenters. The van der Waals surface area contributed by atoms with Crippen LogP contribution in [0.5, 0.6) is 0 Å². The van der Waals surface area contributed by atoms with Crippen molar-refractivity contribution in [3.8, 4) is 0 Å². The lowest BCUT2D eigenvalue weighted by atomic mass is 10.0. The number of halogens is 3. The van der Waals surface area contributed by atoms with Gasteiger partial charge < -0.3 is 5.11 Å². The minimum Gasteiger partial charge on any atom is -0.388 e. The molecule has 1 heterocycles. The molecule has 0 aliphatic rings. The van der Waals surface area contributed by atoms with E-state index >= 15 is 0 Å². The molecule has 106 valence electrons. The van der Waals surface area contributed by atoms with Crippen LogP contribution in [-0.4, -0.2) is 10.1 Å². The molecule has 5 heteroatoms. The smallest absolute Gasteiger partial charge is 0.161 e. The first kappa shape index (κ1) is 14.5. The van der Waals surface area contributed by atoms with E-state index in [9.17, 15) is 18.3 Å². The predicted molar refractivity (Wildman–Crippen MR) is 68.6 cm³/mol. The number of pyridine rings is 1. The van der Waals surface area contributed by atoms with E-state index < -0.39 is 23.6 Å². The van der Waals surface area contributed by atoms with Crippen LogP contribution in [0.4, 0.5) is 13.2 Å². The van der Waals surface area contributed by atoms with E-state index in [0.29, 0.717) is 17.8 Å². The summed E-state index contributed by atoms with van der Waals surface area (Å²) >= 11 is 0. The fourth-order valence-corrected chi connectivity index (χ4v) is 1.89. The van der Waals surface area contributed by atoms with Crippen molar-refractivity contribution in [1.29, 1.82) is 0 Å². The van der Waals surface area contributed by atoms with Gasteiger partial charge in [-0.3, -0.25) is 4.98 Å². The predicted octanol–water partition coefficient (Wildman–Crippen LogP) is 3.34. The van der Waals surface area contributed by atoms with E-state index in [2.05, 4.69) is 4.98 Å². The number of aliphatic hydroxyl groups excluding tert-OH is 1. The van der Waals surface area contributed by atoms with Gasteiger partial charge in [-0.1, -0.05) is 13.0 Å². The van der Waals surface area contributed by atoms with Gasteiger partial charge in [-0.15, -0.1) is 0 Å². The van der Waals surface area contributed by atoms with Gasteiger partial charge in [0.25, 0.3) is 0 Å². The summed E-state index contributed by atoms with van der Waals surface area (Å²) < 4.78 is 39.4. The average Bonchev–Trinajstić information content (AvgIpc) is 2.43. The zero-order valence-electron chi connectivity index (χ0n) is 10.9. The van der Waals surface area contributed by atoms with E-state index in [1.807, 2.05) is 13.0 Å². The Labute approximate surface area is 114 Å². The number of benzene rings is 1. The summed E-state index contributed by atoms with van der Waals surface area (Å²) in [6, 6.07) is 4.69. The summed E-state index contributed by atoms with van der Waals surface area (Å²) in [5, 5.41) is 9.93. The SMILES string of the molecule is CCc1ccc(CC(O)c2cc(F)c(F)cc2F)nc1. The van der Waals surface area contributed by atoms with Gasteiger partial charge in [0.2, 0.25) is 0 Å². The Balaban J connectivity index is 2.18. The fraction of sp³-hybridized carbons (Fsp3) is 0.267. The van der Waals surface area contributed by atoms with E-state index in [0.717, 1.165) is 12.0 Å². The molecular weight excluding hydrogens is 267 g/mol. The Bertz CT molecular complexity index is 599. The first-order chi connectivity index (χ1) is 9.51. The minimum atomic E-state index is -1.27. The van der Waals surface area contributed by atoms with Gasteiger partial charge >= 0.3 is 0 Å². The van der Waals surface area contributed by atoms with Crippen LogP contribution in [-0.2, 0) is 12.8 Å². The molecule has 0 aliphatic carbocycles. The highest BCUT2D eigenvalue weighted by molar-refractivity contribution is 5.24. The molecule has 0 spiro atoms. The van der Waals surface area contributed by atoms with Gasteiger partial charge in [0.15, 0.2) is 11.6 Å². The third-order valence-corrected chi connectivity index (χ3v) is 3.10. The second kappa shape index (κ2) is 6.05. The topological polar surface area (TPSA) is 33.1 Å². The first-order valence-corrected chi connectivity index (χ1v) is 6.27. The van der Waals surface area contributed by atoms with Crippen LogP contribution in [0.15, 0.2) is 30.5 Å². The van der Waals surface area contributed by atoms with Gasteiger partial charge in [-0.05, 0) is 24.1 Å². The lowest BCUT2D eigenvalue weighted by Gasteiger charge is -2.12. The van der Waals surface area contributed by atoms with Crippen molar-refractivity contribution in [2.45, 2.75) is 25.9 Å². The van der Waals surface area contributed by atoms with Crippen LogP contribution in [0.2, 0.25) is 0 Å². The lowest BCUT2D eigenvalue weighted by molar-refractivity contribution is 0.171. The summed E-state index contributed by atoms with van der Waals surface area (Å²) in [6.07, 6.45) is 1.27. The quantitative estimate of drug-likeness (QED) is 0.872. The number of aryl methyl sites for hydroxylation is 1. The van der Waals surface area contributed by atoms with Crippen LogP contribution in [0.25, 0.3) is 0 Å². The van der Waals surface area contributed by atoms with Gasteiger partial charge in [0.1, 0.15) is 5.82 Å². The maximum Gasteiger partial charge on any atom is 0.161 e. The van der Waals surface area contributed by atoms with Crippen molar-refractivity contribution in [3.63, 3.8) is 0 Å². The van der Waals surface area contributed by atoms with E-state index in [4.69, 9.17) is 0 Å². The Hall–Kier alpha value is -1.88. The standard InChI is InChI=1S/C15H14F3NO/c1-2-9-3-4-10(19-8-9)5-15(20)11-6-13(17)14(18)7-12(11)16/h3-4,6-8,15,20H,2,5H2,1H3. The number of aromatic nitrogens is 1. The molecule has 0 aliphatic heterocycles. The maximum atomic E-state index is 13.5. The Kier molecular flexibility index (Phi) is 4.39. The molecule has 0 saturated carbocycles. The molecule has 0 amide bonds. The summed E-state index contributed by atoms with van der Waals surface area (Å²) in [5.41, 5.74) is 1.33. The Morgan fingerprint density at radius 1 is 1.10 bits per heavy atom. The summed E-state index contributed by atoms with van der Waals surface area (Å²) in [4.78, 5) is 4.13. The molecule has 1 aromatic heterocycles. The Morgan fingerprint density at radius 3 is 2.40 bits per heavy atom. The highest BCUT2D eigenvalue weighted by atomic mass is 19.2. The fourth-order valence-electron chi connectivity index (χ4n) is 1.89. The van der Waals surface area contributed by atoms with Crippen LogP contribution in [0, 0.1) is 17.5 Å². The molecule has 1 aromatic carbocycles. The summed E-state index contributed by atoms with van der Waals surface area (Å²) in [7, 11) is 0. The number of nitrogens with zero attached hydrogens (tertiary/aromatic N) is 1. The zero-order chi connectivity index (χ0) is 14.7. The first-order valence-electron chi connectivity index (χ1n) is 6.27. The third kappa shape index (κ3) is 3.17. The van der Waals surface area contributed by atoms with Gasteiger partial charge in [-0.25, -0.2) is 13.2 Å². The molecular formula is C15H14F3NO. The van der Waals surface area contributed by atoms with Crippen LogP contribution in [0.3, 0.4) is 0 Å². The van der Waals surface area contributed by atoms with Crippen LogP contribution >= 0.6 is 0 Å². The molecule has 20 heavy (non-hydrogen) atoms. The molecule has 0 bridgehead atoms. The second-order valence-corrected chi connectivity index (χ2v) is 4.52. The minimum absolute atomic E-state index is 0.0337. The highest BCUT2D eigenvalue weighted by Crippen LogP contribution is 2.23. The molecule has 0 fully saturated rings. The van der Waals surface area contributed by atoms with E-state index in [1.54, 1.807) is 12.3 Å². The average molecular weight is 281 g/mol. The molecule has 2 aromatic rings. The van der Waals surface area contributed by atoms with Crippen molar-refractivity contribution in [2.75, 3.05) is 0 Å². The van der Waals surface area contributed by atoms with E-state index in [-0.39, 0.29) is 12.0 Å².